The first-order chi connectivity index (χ1) is 6.87. The summed E-state index contributed by atoms with van der Waals surface area (Å²) >= 11 is 0. The molecule has 0 aromatic heterocycles. The molecular weight excluding hydrogens is 192 g/mol. The Labute approximate surface area is 91.5 Å². The van der Waals surface area contributed by atoms with Crippen LogP contribution in [0.5, 0.6) is 0 Å². The zero-order valence-corrected chi connectivity index (χ0v) is 9.88. The van der Waals surface area contributed by atoms with E-state index in [1.807, 2.05) is 20.8 Å². The Balaban J connectivity index is 2.31. The number of amides is 1. The third-order valence-electron chi connectivity index (χ3n) is 2.44. The fourth-order valence-electron chi connectivity index (χ4n) is 1.83. The van der Waals surface area contributed by atoms with Crippen molar-refractivity contribution >= 4 is 6.09 Å². The molecule has 15 heavy (non-hydrogen) atoms. The van der Waals surface area contributed by atoms with Gasteiger partial charge in [-0.3, -0.25) is 0 Å². The van der Waals surface area contributed by atoms with Gasteiger partial charge >= 0.3 is 6.09 Å². The maximum absolute atomic E-state index is 11.5. The summed E-state index contributed by atoms with van der Waals surface area (Å²) in [6, 6.07) is 0.405. The Morgan fingerprint density at radius 1 is 1.40 bits per heavy atom. The minimum Gasteiger partial charge on any atom is -0.444 e. The number of carbonyl (C=O) groups is 1. The van der Waals surface area contributed by atoms with E-state index in [1.165, 1.54) is 0 Å². The van der Waals surface area contributed by atoms with Crippen LogP contribution in [0, 0.1) is 0 Å². The molecule has 0 aromatic rings. The summed E-state index contributed by atoms with van der Waals surface area (Å²) in [6.45, 7) is 5.58. The molecule has 3 N–H and O–H groups in total. The molecule has 0 saturated heterocycles. The van der Waals surface area contributed by atoms with Crippen molar-refractivity contribution in [3.05, 3.63) is 0 Å². The van der Waals surface area contributed by atoms with E-state index in [2.05, 4.69) is 5.32 Å². The van der Waals surface area contributed by atoms with Gasteiger partial charge in [-0.15, -0.1) is 0 Å². The fraction of sp³-hybridized carbons (Fsp3) is 0.909. The second kappa shape index (κ2) is 4.84. The molecule has 0 radical (unpaired) electrons. The first-order valence-corrected chi connectivity index (χ1v) is 5.62. The summed E-state index contributed by atoms with van der Waals surface area (Å²) in [4.78, 5) is 11.5. The largest absolute Gasteiger partial charge is 0.444 e. The normalized spacial score (nSPS) is 27.2. The average molecular weight is 214 g/mol. The van der Waals surface area contributed by atoms with Crippen molar-refractivity contribution in [2.75, 3.05) is 0 Å². The maximum atomic E-state index is 11.5. The van der Waals surface area contributed by atoms with Gasteiger partial charge in [-0.2, -0.15) is 0 Å². The number of nitrogens with two attached hydrogens (primary N) is 1. The molecule has 1 unspecified atom stereocenters. The predicted molar refractivity (Wildman–Crippen MR) is 59.6 cm³/mol. The topological polar surface area (TPSA) is 64.3 Å². The van der Waals surface area contributed by atoms with Crippen LogP contribution in [-0.2, 0) is 4.74 Å². The quantitative estimate of drug-likeness (QED) is 0.699. The second-order valence-electron chi connectivity index (χ2n) is 5.27. The van der Waals surface area contributed by atoms with E-state index < -0.39 is 5.60 Å². The van der Waals surface area contributed by atoms with Gasteiger partial charge in [0.2, 0.25) is 0 Å². The zero-order valence-electron chi connectivity index (χ0n) is 9.88. The molecule has 1 rings (SSSR count). The lowest BCUT2D eigenvalue weighted by Gasteiger charge is -2.28. The number of rotatable bonds is 1. The van der Waals surface area contributed by atoms with Crippen molar-refractivity contribution in [1.29, 1.82) is 0 Å². The Bertz CT molecular complexity index is 223. The highest BCUT2D eigenvalue weighted by molar-refractivity contribution is 5.68. The minimum absolute atomic E-state index is 0.184. The summed E-state index contributed by atoms with van der Waals surface area (Å²) < 4.78 is 5.18. The van der Waals surface area contributed by atoms with Crippen molar-refractivity contribution in [2.45, 2.75) is 64.1 Å². The number of alkyl carbamates (subject to hydrolysis) is 1. The van der Waals surface area contributed by atoms with E-state index in [0.717, 1.165) is 25.7 Å². The van der Waals surface area contributed by atoms with Gasteiger partial charge in [0.25, 0.3) is 0 Å². The van der Waals surface area contributed by atoms with Crippen LogP contribution >= 0.6 is 0 Å². The predicted octanol–water partition coefficient (Wildman–Crippen LogP) is 1.78. The molecule has 4 nitrogen and oxygen atoms in total. The van der Waals surface area contributed by atoms with Crippen LogP contribution in [0.4, 0.5) is 4.79 Å². The van der Waals surface area contributed by atoms with E-state index in [1.54, 1.807) is 0 Å². The van der Waals surface area contributed by atoms with Crippen molar-refractivity contribution < 1.29 is 9.53 Å². The molecule has 0 spiro atoms. The van der Waals surface area contributed by atoms with Crippen LogP contribution < -0.4 is 11.1 Å². The first-order valence-electron chi connectivity index (χ1n) is 5.62. The Hall–Kier alpha value is -0.770. The molecule has 1 fully saturated rings. The van der Waals surface area contributed by atoms with Crippen molar-refractivity contribution in [3.8, 4) is 0 Å². The fourth-order valence-corrected chi connectivity index (χ4v) is 1.83. The first kappa shape index (κ1) is 12.3. The molecule has 0 bridgehead atoms. The SMILES string of the molecule is CC(C)(C)OC(=O)NC1CCC[C@H](N)C1. The number of nitrogens with one attached hydrogen (secondary N) is 1. The van der Waals surface area contributed by atoms with Crippen molar-refractivity contribution in [3.63, 3.8) is 0 Å². The van der Waals surface area contributed by atoms with Crippen LogP contribution in [0.3, 0.4) is 0 Å². The van der Waals surface area contributed by atoms with Crippen molar-refractivity contribution in [1.82, 2.24) is 5.32 Å². The number of carbonyl (C=O) groups excluding carboxylic acids is 1. The van der Waals surface area contributed by atoms with Gasteiger partial charge in [0.05, 0.1) is 0 Å². The molecule has 0 aliphatic heterocycles. The highest BCUT2D eigenvalue weighted by Gasteiger charge is 2.23. The zero-order chi connectivity index (χ0) is 11.5. The molecule has 1 aliphatic rings. The lowest BCUT2D eigenvalue weighted by atomic mass is 9.92. The summed E-state index contributed by atoms with van der Waals surface area (Å²) in [7, 11) is 0. The Kier molecular flexibility index (Phi) is 3.97. The van der Waals surface area contributed by atoms with Crippen LogP contribution in [0.25, 0.3) is 0 Å². The van der Waals surface area contributed by atoms with E-state index in [-0.39, 0.29) is 18.2 Å². The molecule has 2 atom stereocenters. The van der Waals surface area contributed by atoms with E-state index in [9.17, 15) is 4.79 Å². The molecule has 1 saturated carbocycles. The monoisotopic (exact) mass is 214 g/mol. The van der Waals surface area contributed by atoms with Gasteiger partial charge in [-0.25, -0.2) is 4.79 Å². The average Bonchev–Trinajstić information content (AvgIpc) is 1.99. The van der Waals surface area contributed by atoms with Gasteiger partial charge in [0.1, 0.15) is 5.60 Å². The van der Waals surface area contributed by atoms with E-state index in [0.29, 0.717) is 0 Å². The highest BCUT2D eigenvalue weighted by Crippen LogP contribution is 2.17. The van der Waals surface area contributed by atoms with Gasteiger partial charge in [-0.1, -0.05) is 0 Å². The second-order valence-corrected chi connectivity index (χ2v) is 5.27. The van der Waals surface area contributed by atoms with Crippen LogP contribution in [0.1, 0.15) is 46.5 Å². The van der Waals surface area contributed by atoms with Gasteiger partial charge < -0.3 is 15.8 Å². The Morgan fingerprint density at radius 3 is 2.60 bits per heavy atom. The molecule has 0 aromatic carbocycles. The minimum atomic E-state index is -0.430. The van der Waals surface area contributed by atoms with Gasteiger partial charge in [0.15, 0.2) is 0 Å². The highest BCUT2D eigenvalue weighted by atomic mass is 16.6. The third kappa shape index (κ3) is 5.02. The molecule has 1 aliphatic carbocycles. The summed E-state index contributed by atoms with van der Waals surface area (Å²) in [5.74, 6) is 0. The van der Waals surface area contributed by atoms with E-state index >= 15 is 0 Å². The lowest BCUT2D eigenvalue weighted by Crippen LogP contribution is -2.44. The summed E-state index contributed by atoms with van der Waals surface area (Å²) in [5, 5.41) is 2.86. The van der Waals surface area contributed by atoms with Crippen LogP contribution in [-0.4, -0.2) is 23.8 Å². The molecule has 88 valence electrons. The van der Waals surface area contributed by atoms with E-state index in [4.69, 9.17) is 10.5 Å². The molecule has 4 heteroatoms. The van der Waals surface area contributed by atoms with Gasteiger partial charge in [0, 0.05) is 12.1 Å². The summed E-state index contributed by atoms with van der Waals surface area (Å²) in [6.07, 6.45) is 3.68. The molecule has 1 amide bonds. The van der Waals surface area contributed by atoms with Crippen molar-refractivity contribution in [2.24, 2.45) is 5.73 Å². The standard InChI is InChI=1S/C11H22N2O2/c1-11(2,3)15-10(14)13-9-6-4-5-8(12)7-9/h8-9H,4-7,12H2,1-3H3,(H,13,14)/t8-,9?/m0/s1. The number of hydrogen-bond donors (Lipinski definition) is 2. The van der Waals surface area contributed by atoms with Crippen LogP contribution in [0.15, 0.2) is 0 Å². The summed E-state index contributed by atoms with van der Waals surface area (Å²) in [5.41, 5.74) is 5.41. The van der Waals surface area contributed by atoms with Gasteiger partial charge in [-0.05, 0) is 46.5 Å². The van der Waals surface area contributed by atoms with Crippen LogP contribution in [0.2, 0.25) is 0 Å². The Morgan fingerprint density at radius 2 is 2.07 bits per heavy atom. The lowest BCUT2D eigenvalue weighted by molar-refractivity contribution is 0.0491. The number of ether oxygens (including phenoxy) is 1. The maximum Gasteiger partial charge on any atom is 0.407 e. The smallest absolute Gasteiger partial charge is 0.407 e. The number of hydrogen-bond acceptors (Lipinski definition) is 3. The third-order valence-corrected chi connectivity index (χ3v) is 2.44. The molecule has 0 heterocycles. The molecular formula is C11H22N2O2.